The van der Waals surface area contributed by atoms with Gasteiger partial charge in [0.15, 0.2) is 0 Å². The van der Waals surface area contributed by atoms with Crippen molar-refractivity contribution < 1.29 is 179 Å². The maximum atomic E-state index is 12.2. The van der Waals surface area contributed by atoms with E-state index in [1.165, 1.54) is 14.0 Å². The molecule has 9 nitrogen and oxygen atoms in total. The van der Waals surface area contributed by atoms with Crippen molar-refractivity contribution in [3.63, 3.8) is 0 Å². The number of nitrogens with zero attached hydrogens (tertiary/aromatic N) is 1. The molecule has 0 aliphatic carbocycles. The number of rotatable bonds is 4. The van der Waals surface area contributed by atoms with Crippen LogP contribution in [-0.2, 0) is 21.6 Å². The van der Waals surface area contributed by atoms with Gasteiger partial charge in [0.25, 0.3) is 30.1 Å². The van der Waals surface area contributed by atoms with Crippen LogP contribution in [0, 0.1) is 7.14 Å². The summed E-state index contributed by atoms with van der Waals surface area (Å²) in [5.74, 6) is -1.02. The normalized spacial score (nSPS) is 11.7. The first-order valence-corrected chi connectivity index (χ1v) is 15.9. The molecule has 2 aliphatic heterocycles. The summed E-state index contributed by atoms with van der Waals surface area (Å²) in [6.45, 7) is 0.142. The Morgan fingerprint density at radius 2 is 1.13 bits per heavy atom. The smallest absolute Gasteiger partial charge is 1.00 e. The summed E-state index contributed by atoms with van der Waals surface area (Å²) in [4.78, 5) is 58.8. The third-order valence-corrected chi connectivity index (χ3v) is 7.97. The minimum absolute atomic E-state index is 0. The molecule has 0 radical (unpaired) electrons. The zero-order chi connectivity index (χ0) is 34.1. The van der Waals surface area contributed by atoms with Crippen LogP contribution in [0.5, 0.6) is 0 Å². The van der Waals surface area contributed by atoms with Gasteiger partial charge in [-0.1, -0.05) is 64.5 Å². The van der Waals surface area contributed by atoms with Crippen molar-refractivity contribution >= 4 is 91.2 Å². The molecule has 0 spiro atoms. The largest absolute Gasteiger partial charge is 1.00 e. The van der Waals surface area contributed by atoms with Crippen LogP contribution in [0.1, 0.15) is 55.4 Å². The molecule has 2 aliphatic rings. The first-order chi connectivity index (χ1) is 22.1. The van der Waals surface area contributed by atoms with E-state index in [-0.39, 0.29) is 169 Å². The number of carbonyl (C=O) groups is 5. The summed E-state index contributed by atoms with van der Waals surface area (Å²) >= 11 is 7.90. The molecule has 4 amide bonds. The van der Waals surface area contributed by atoms with Crippen LogP contribution in [0.4, 0.5) is 4.39 Å². The number of imide groups is 2. The minimum atomic E-state index is -1.00. The summed E-state index contributed by atoms with van der Waals surface area (Å²) < 4.78 is 17.9. The third-order valence-electron chi connectivity index (χ3n) is 5.88. The molecule has 0 aromatic heterocycles. The van der Waals surface area contributed by atoms with Gasteiger partial charge in [0.2, 0.25) is 0 Å². The van der Waals surface area contributed by atoms with E-state index in [0.717, 1.165) is 14.5 Å². The van der Waals surface area contributed by atoms with Crippen molar-refractivity contribution in [2.24, 2.45) is 0 Å². The van der Waals surface area contributed by atoms with Crippen molar-refractivity contribution in [2.75, 3.05) is 7.15 Å². The predicted molar refractivity (Wildman–Crippen MR) is 185 cm³/mol. The molecular weight excluding hydrogens is 1140 g/mol. The zero-order valence-electron chi connectivity index (χ0n) is 27.3. The molecule has 0 bridgehead atoms. The van der Waals surface area contributed by atoms with Crippen LogP contribution >= 0.6 is 61.1 Å². The Labute approximate surface area is 428 Å². The van der Waals surface area contributed by atoms with Crippen molar-refractivity contribution in [1.82, 2.24) is 10.2 Å². The van der Waals surface area contributed by atoms with Crippen LogP contribution < -0.4 is 148 Å². The van der Waals surface area contributed by atoms with E-state index in [4.69, 9.17) is 11.4 Å². The predicted octanol–water partition coefficient (Wildman–Crippen LogP) is -0.0154. The van der Waals surface area contributed by atoms with Crippen molar-refractivity contribution in [3.8, 4) is 0 Å². The van der Waals surface area contributed by atoms with E-state index >= 15 is 0 Å². The molecule has 6 rings (SSSR count). The van der Waals surface area contributed by atoms with Gasteiger partial charge in [0, 0.05) is 12.5 Å². The Morgan fingerprint density at radius 3 is 1.47 bits per heavy atom. The van der Waals surface area contributed by atoms with Gasteiger partial charge < -0.3 is 11.6 Å². The quantitative estimate of drug-likeness (QED) is 0.0760. The second-order valence-corrected chi connectivity index (χ2v) is 11.7. The molecule has 0 saturated carbocycles. The molecule has 2 heterocycles. The molecule has 47 heavy (non-hydrogen) atoms. The van der Waals surface area contributed by atoms with Crippen LogP contribution in [0.15, 0.2) is 97.1 Å². The van der Waals surface area contributed by atoms with Gasteiger partial charge in [-0.2, -0.15) is 0 Å². The molecule has 4 aromatic carbocycles. The number of alkyl halides is 2. The van der Waals surface area contributed by atoms with Crippen LogP contribution in [0.3, 0.4) is 0 Å². The Hall–Kier alpha value is 0.564. The topological polar surface area (TPSA) is 133 Å². The number of fused-ring (bicyclic) bond motifs is 2. The summed E-state index contributed by atoms with van der Waals surface area (Å²) in [7, 11) is -1.00. The molecular formula is C32H26BrCs2FI2N2O7. The second-order valence-electron chi connectivity index (χ2n) is 8.65. The first kappa shape index (κ1) is 45.6. The minimum Gasteiger partial charge on any atom is -1.00 e. The van der Waals surface area contributed by atoms with Crippen LogP contribution in [0.25, 0.3) is 0 Å². The fraction of sp³-hybridized carbons (Fsp3) is 0.0938. The molecule has 0 unspecified atom stereocenters. The molecule has 15 heteroatoms. The Balaban J connectivity index is 0. The van der Waals surface area contributed by atoms with Gasteiger partial charge in [-0.25, -0.2) is 0 Å². The number of amides is 4. The van der Waals surface area contributed by atoms with E-state index in [9.17, 15) is 23.6 Å². The summed E-state index contributed by atoms with van der Waals surface area (Å²) in [5, 5.41) is 11.6. The number of carbonyl (C=O) groups excluding carboxylic acids is 5. The van der Waals surface area contributed by atoms with Gasteiger partial charge in [-0.3, -0.25) is 38.6 Å². The fourth-order valence-corrected chi connectivity index (χ4v) is 4.94. The molecule has 1 N–H and O–H groups in total. The summed E-state index contributed by atoms with van der Waals surface area (Å²) in [6.07, 6.45) is 0. The van der Waals surface area contributed by atoms with Crippen molar-refractivity contribution in [1.29, 1.82) is 0 Å². The summed E-state index contributed by atoms with van der Waals surface area (Å²) in [5.41, 5.74) is 4.22. The monoisotopic (exact) mass is 1170 g/mol. The van der Waals surface area contributed by atoms with Gasteiger partial charge in [-0.05, 0) is 105 Å². The van der Waals surface area contributed by atoms with Gasteiger partial charge in [0.05, 0.1) is 37.3 Å². The Kier molecular flexibility index (Phi) is 25.6. The summed E-state index contributed by atoms with van der Waals surface area (Å²) in [6, 6.07) is 29.9. The van der Waals surface area contributed by atoms with Crippen LogP contribution in [0.2, 0.25) is 0 Å². The zero-order valence-corrected chi connectivity index (χ0v) is 43.7. The van der Waals surface area contributed by atoms with E-state index in [2.05, 4.69) is 95.6 Å². The molecule has 0 fully saturated rings. The van der Waals surface area contributed by atoms with E-state index in [1.54, 1.807) is 48.5 Å². The second kappa shape index (κ2) is 26.4. The number of hydrogen-bond acceptors (Lipinski definition) is 7. The van der Waals surface area contributed by atoms with E-state index < -0.39 is 7.15 Å². The van der Waals surface area contributed by atoms with Crippen molar-refractivity contribution in [3.05, 3.63) is 138 Å². The van der Waals surface area contributed by atoms with Gasteiger partial charge in [0.1, 0.15) is 0 Å². The number of benzene rings is 4. The van der Waals surface area contributed by atoms with Crippen LogP contribution in [-0.4, -0.2) is 42.2 Å². The molecule has 236 valence electrons. The average molecular weight is 1170 g/mol. The molecule has 4 aromatic rings. The molecule has 0 atom stereocenters. The fourth-order valence-electron chi connectivity index (χ4n) is 3.85. The number of halogens is 4. The maximum Gasteiger partial charge on any atom is 1.00 e. The number of hydrogen-bond donors (Lipinski definition) is 1. The van der Waals surface area contributed by atoms with Gasteiger partial charge in [-0.15, -0.1) is 0 Å². The van der Waals surface area contributed by atoms with E-state index in [0.29, 0.717) is 28.8 Å². The van der Waals surface area contributed by atoms with Gasteiger partial charge >= 0.3 is 138 Å². The first-order valence-electron chi connectivity index (χ1n) is 13.3. The van der Waals surface area contributed by atoms with Crippen molar-refractivity contribution in [2.45, 2.75) is 11.9 Å². The Bertz CT molecular complexity index is 1590. The number of nitrogens with one attached hydrogen (secondary N) is 1. The third kappa shape index (κ3) is 15.4. The molecule has 0 saturated heterocycles. The Morgan fingerprint density at radius 1 is 0.787 bits per heavy atom. The average Bonchev–Trinajstić information content (AvgIpc) is 3.50. The maximum absolute atomic E-state index is 12.2. The SMILES string of the molecule is BrCc1ccc(I)cc1.O=C1NC(=O)c2ccccc21.O=C1c2ccccc2C(=O)N1Cc1ccc(I)cc1.O=CO[O-].[2H]CF.[Cs+].[Cs+].[H-]. The van der Waals surface area contributed by atoms with E-state index in [1.807, 2.05) is 24.3 Å². The standard InChI is InChI=1S/C15H10INO2.C8H5NO2.C7H6BrI.CH3F.CH2O3.2Cs.H/c16-11-7-5-10(6-8-11)9-17-14(18)12-3-1-2-4-13(12)15(17)19;10-7-5-3-1-2-4-6(5)8(11)9-7;8-5-6-1-3-7(9)4-2-6;1-2;2-1-4-3;;;/h1-8H,9H2;1-4H,(H,9,10,11);1-4H,5H2;1H3;1,3H;;;/q;;;;;2*+1;-1/p-1/i;;;1D;;;;.